The minimum absolute atomic E-state index is 0.570. The zero-order valence-corrected chi connectivity index (χ0v) is 13.0. The molecule has 1 nitrogen and oxygen atoms in total. The minimum atomic E-state index is 0.570. The van der Waals surface area contributed by atoms with Crippen molar-refractivity contribution in [1.29, 1.82) is 0 Å². The van der Waals surface area contributed by atoms with Crippen LogP contribution in [0.4, 0.5) is 0 Å². The van der Waals surface area contributed by atoms with E-state index in [-0.39, 0.29) is 0 Å². The summed E-state index contributed by atoms with van der Waals surface area (Å²) in [5.74, 6) is 0.638. The van der Waals surface area contributed by atoms with Crippen molar-refractivity contribution in [3.05, 3.63) is 70.7 Å². The SMILES string of the molecule is Clc1cccc(CNC2CCCCC2c2ccccc2)c1. The zero-order valence-electron chi connectivity index (χ0n) is 12.3. The maximum absolute atomic E-state index is 6.06. The van der Waals surface area contributed by atoms with Crippen LogP contribution in [0.25, 0.3) is 0 Å². The molecular weight excluding hydrogens is 278 g/mol. The van der Waals surface area contributed by atoms with Gasteiger partial charge < -0.3 is 5.32 Å². The van der Waals surface area contributed by atoms with E-state index in [9.17, 15) is 0 Å². The molecule has 1 aliphatic rings. The number of halogens is 1. The van der Waals surface area contributed by atoms with Gasteiger partial charge in [-0.3, -0.25) is 0 Å². The Morgan fingerprint density at radius 3 is 2.57 bits per heavy atom. The second kappa shape index (κ2) is 7.11. The minimum Gasteiger partial charge on any atom is -0.309 e. The van der Waals surface area contributed by atoms with E-state index in [4.69, 9.17) is 11.6 Å². The first-order valence-corrected chi connectivity index (χ1v) is 8.23. The smallest absolute Gasteiger partial charge is 0.0409 e. The zero-order chi connectivity index (χ0) is 14.5. The van der Waals surface area contributed by atoms with Crippen molar-refractivity contribution in [3.63, 3.8) is 0 Å². The maximum Gasteiger partial charge on any atom is 0.0409 e. The average molecular weight is 300 g/mol. The van der Waals surface area contributed by atoms with Crippen LogP contribution in [0.1, 0.15) is 42.7 Å². The third-order valence-corrected chi connectivity index (χ3v) is 4.69. The molecule has 0 amide bonds. The number of hydrogen-bond donors (Lipinski definition) is 1. The largest absolute Gasteiger partial charge is 0.309 e. The van der Waals surface area contributed by atoms with E-state index in [0.29, 0.717) is 12.0 Å². The molecule has 110 valence electrons. The molecule has 21 heavy (non-hydrogen) atoms. The molecule has 1 saturated carbocycles. The molecule has 1 aliphatic carbocycles. The molecule has 0 aliphatic heterocycles. The lowest BCUT2D eigenvalue weighted by atomic mass is 9.80. The van der Waals surface area contributed by atoms with Gasteiger partial charge in [0.1, 0.15) is 0 Å². The van der Waals surface area contributed by atoms with Gasteiger partial charge in [0.05, 0.1) is 0 Å². The van der Waals surface area contributed by atoms with Crippen LogP contribution >= 0.6 is 11.6 Å². The van der Waals surface area contributed by atoms with E-state index in [0.717, 1.165) is 11.6 Å². The predicted octanol–water partition coefficient (Wildman–Crippen LogP) is 5.16. The summed E-state index contributed by atoms with van der Waals surface area (Å²) in [5, 5.41) is 4.57. The molecule has 0 radical (unpaired) electrons. The van der Waals surface area contributed by atoms with Gasteiger partial charge in [-0.05, 0) is 42.0 Å². The molecule has 0 spiro atoms. The molecule has 2 unspecified atom stereocenters. The first-order valence-electron chi connectivity index (χ1n) is 7.86. The Bertz CT molecular complexity index is 567. The van der Waals surface area contributed by atoms with E-state index in [2.05, 4.69) is 47.8 Å². The lowest BCUT2D eigenvalue weighted by Gasteiger charge is -2.33. The normalized spacial score (nSPS) is 22.1. The average Bonchev–Trinajstić information content (AvgIpc) is 2.54. The van der Waals surface area contributed by atoms with Crippen LogP contribution in [-0.2, 0) is 6.54 Å². The van der Waals surface area contributed by atoms with Crippen LogP contribution in [-0.4, -0.2) is 6.04 Å². The summed E-state index contributed by atoms with van der Waals surface area (Å²) in [6, 6.07) is 19.6. The Labute approximate surface area is 132 Å². The summed E-state index contributed by atoms with van der Waals surface area (Å²) >= 11 is 6.06. The van der Waals surface area contributed by atoms with E-state index >= 15 is 0 Å². The molecule has 2 aromatic rings. The van der Waals surface area contributed by atoms with Crippen LogP contribution in [0.3, 0.4) is 0 Å². The van der Waals surface area contributed by atoms with Crippen LogP contribution < -0.4 is 5.32 Å². The topological polar surface area (TPSA) is 12.0 Å². The Kier molecular flexibility index (Phi) is 4.95. The summed E-state index contributed by atoms with van der Waals surface area (Å²) in [5.41, 5.74) is 2.74. The molecular formula is C19H22ClN. The Balaban J connectivity index is 1.67. The Morgan fingerprint density at radius 2 is 1.76 bits per heavy atom. The van der Waals surface area contributed by atoms with Gasteiger partial charge in [-0.1, -0.05) is 66.9 Å². The second-order valence-electron chi connectivity index (χ2n) is 5.92. The first-order chi connectivity index (χ1) is 10.3. The highest BCUT2D eigenvalue weighted by Crippen LogP contribution is 2.33. The van der Waals surface area contributed by atoms with Crippen molar-refractivity contribution in [1.82, 2.24) is 5.32 Å². The molecule has 0 saturated heterocycles. The van der Waals surface area contributed by atoms with Crippen LogP contribution in [0.15, 0.2) is 54.6 Å². The van der Waals surface area contributed by atoms with Crippen molar-refractivity contribution >= 4 is 11.6 Å². The molecule has 2 heteroatoms. The Morgan fingerprint density at radius 1 is 0.952 bits per heavy atom. The van der Waals surface area contributed by atoms with Crippen molar-refractivity contribution in [3.8, 4) is 0 Å². The second-order valence-corrected chi connectivity index (χ2v) is 6.36. The molecule has 0 aromatic heterocycles. The van der Waals surface area contributed by atoms with Crippen molar-refractivity contribution in [2.24, 2.45) is 0 Å². The number of rotatable bonds is 4. The molecule has 1 fully saturated rings. The van der Waals surface area contributed by atoms with Crippen molar-refractivity contribution < 1.29 is 0 Å². The fraction of sp³-hybridized carbons (Fsp3) is 0.368. The number of hydrogen-bond acceptors (Lipinski definition) is 1. The van der Waals surface area contributed by atoms with Crippen molar-refractivity contribution in [2.75, 3.05) is 0 Å². The summed E-state index contributed by atoms with van der Waals surface area (Å²) in [6.45, 7) is 0.897. The highest BCUT2D eigenvalue weighted by Gasteiger charge is 2.25. The lowest BCUT2D eigenvalue weighted by Crippen LogP contribution is -2.36. The van der Waals surface area contributed by atoms with Gasteiger partial charge in [0.15, 0.2) is 0 Å². The van der Waals surface area contributed by atoms with Gasteiger partial charge in [0, 0.05) is 17.6 Å². The third-order valence-electron chi connectivity index (χ3n) is 4.45. The standard InChI is InChI=1S/C19H22ClN/c20-17-10-6-7-15(13-17)14-21-19-12-5-4-11-18(19)16-8-2-1-3-9-16/h1-3,6-10,13,18-19,21H,4-5,11-12,14H2. The van der Waals surface area contributed by atoms with Crippen LogP contribution in [0, 0.1) is 0 Å². The van der Waals surface area contributed by atoms with Crippen LogP contribution in [0.5, 0.6) is 0 Å². The van der Waals surface area contributed by atoms with E-state index in [1.54, 1.807) is 0 Å². The van der Waals surface area contributed by atoms with Gasteiger partial charge in [0.2, 0.25) is 0 Å². The maximum atomic E-state index is 6.06. The summed E-state index contributed by atoms with van der Waals surface area (Å²) in [6.07, 6.45) is 5.23. The van der Waals surface area contributed by atoms with Crippen LogP contribution in [0.2, 0.25) is 5.02 Å². The van der Waals surface area contributed by atoms with Gasteiger partial charge in [-0.25, -0.2) is 0 Å². The molecule has 2 atom stereocenters. The van der Waals surface area contributed by atoms with Gasteiger partial charge in [-0.15, -0.1) is 0 Å². The highest BCUT2D eigenvalue weighted by atomic mass is 35.5. The quantitative estimate of drug-likeness (QED) is 0.822. The molecule has 1 N–H and O–H groups in total. The molecule has 0 heterocycles. The third kappa shape index (κ3) is 3.87. The molecule has 2 aromatic carbocycles. The first kappa shape index (κ1) is 14.6. The predicted molar refractivity (Wildman–Crippen MR) is 89.7 cm³/mol. The summed E-state index contributed by atoms with van der Waals surface area (Å²) in [7, 11) is 0. The van der Waals surface area contributed by atoms with Gasteiger partial charge in [0.25, 0.3) is 0 Å². The molecule has 0 bridgehead atoms. The lowest BCUT2D eigenvalue weighted by molar-refractivity contribution is 0.326. The molecule has 3 rings (SSSR count). The van der Waals surface area contributed by atoms with E-state index < -0.39 is 0 Å². The van der Waals surface area contributed by atoms with Gasteiger partial charge >= 0.3 is 0 Å². The summed E-state index contributed by atoms with van der Waals surface area (Å²) < 4.78 is 0. The highest BCUT2D eigenvalue weighted by molar-refractivity contribution is 6.30. The van der Waals surface area contributed by atoms with E-state index in [1.807, 2.05) is 12.1 Å². The van der Waals surface area contributed by atoms with Gasteiger partial charge in [-0.2, -0.15) is 0 Å². The monoisotopic (exact) mass is 299 g/mol. The number of benzene rings is 2. The van der Waals surface area contributed by atoms with E-state index in [1.165, 1.54) is 36.8 Å². The fourth-order valence-corrected chi connectivity index (χ4v) is 3.58. The van der Waals surface area contributed by atoms with Crippen molar-refractivity contribution in [2.45, 2.75) is 44.2 Å². The Hall–Kier alpha value is -1.31. The summed E-state index contributed by atoms with van der Waals surface area (Å²) in [4.78, 5) is 0. The fourth-order valence-electron chi connectivity index (χ4n) is 3.37. The number of nitrogens with one attached hydrogen (secondary N) is 1.